The number of fused-ring (bicyclic) bond motifs is 1. The Morgan fingerprint density at radius 1 is 1.50 bits per heavy atom. The number of oxazole rings is 1. The Morgan fingerprint density at radius 2 is 2.28 bits per heavy atom. The number of hydrogen-bond acceptors (Lipinski definition) is 5. The van der Waals surface area contributed by atoms with Crippen molar-refractivity contribution in [3.05, 3.63) is 22.7 Å². The highest BCUT2D eigenvalue weighted by Crippen LogP contribution is 2.27. The first-order valence-electron chi connectivity index (χ1n) is 5.94. The Balaban J connectivity index is 2.41. The lowest BCUT2D eigenvalue weighted by Crippen LogP contribution is -2.25. The van der Waals surface area contributed by atoms with Gasteiger partial charge in [-0.25, -0.2) is 4.79 Å². The highest BCUT2D eigenvalue weighted by molar-refractivity contribution is 5.85. The quantitative estimate of drug-likeness (QED) is 0.686. The van der Waals surface area contributed by atoms with E-state index in [0.717, 1.165) is 12.2 Å². The highest BCUT2D eigenvalue weighted by atomic mass is 16.4. The van der Waals surface area contributed by atoms with E-state index in [9.17, 15) is 4.79 Å². The van der Waals surface area contributed by atoms with Crippen molar-refractivity contribution in [2.24, 2.45) is 0 Å². The number of aliphatic hydroxyl groups excluding tert-OH is 1. The van der Waals surface area contributed by atoms with Crippen molar-refractivity contribution in [3.63, 3.8) is 0 Å². The summed E-state index contributed by atoms with van der Waals surface area (Å²) >= 11 is 0. The summed E-state index contributed by atoms with van der Waals surface area (Å²) in [7, 11) is 0. The van der Waals surface area contributed by atoms with Crippen molar-refractivity contribution in [3.8, 4) is 0 Å². The highest BCUT2D eigenvalue weighted by Gasteiger charge is 2.11. The minimum atomic E-state index is -0.486. The van der Waals surface area contributed by atoms with Crippen molar-refractivity contribution < 1.29 is 9.52 Å². The van der Waals surface area contributed by atoms with E-state index in [1.165, 1.54) is 0 Å². The number of rotatable bonds is 5. The van der Waals surface area contributed by atoms with Gasteiger partial charge in [0, 0.05) is 25.8 Å². The Kier molecular flexibility index (Phi) is 3.57. The van der Waals surface area contributed by atoms with Crippen molar-refractivity contribution >= 4 is 22.5 Å². The third kappa shape index (κ3) is 2.33. The fraction of sp³-hybridized carbons (Fsp3) is 0.417. The molecule has 1 heterocycles. The zero-order chi connectivity index (χ0) is 13.1. The van der Waals surface area contributed by atoms with Crippen LogP contribution >= 0.6 is 0 Å². The number of aromatic amines is 1. The Morgan fingerprint density at radius 3 is 2.94 bits per heavy atom. The van der Waals surface area contributed by atoms with Crippen LogP contribution < -0.4 is 16.4 Å². The van der Waals surface area contributed by atoms with Crippen LogP contribution in [-0.4, -0.2) is 29.8 Å². The van der Waals surface area contributed by atoms with Crippen LogP contribution in [0.1, 0.15) is 13.3 Å². The van der Waals surface area contributed by atoms with Gasteiger partial charge in [0.2, 0.25) is 0 Å². The summed E-state index contributed by atoms with van der Waals surface area (Å²) in [4.78, 5) is 15.8. The van der Waals surface area contributed by atoms with Gasteiger partial charge in [0.25, 0.3) is 0 Å². The van der Waals surface area contributed by atoms with Gasteiger partial charge >= 0.3 is 5.76 Å². The monoisotopic (exact) mass is 251 g/mol. The average molecular weight is 251 g/mol. The van der Waals surface area contributed by atoms with Crippen LogP contribution in [0.3, 0.4) is 0 Å². The van der Waals surface area contributed by atoms with E-state index in [4.69, 9.17) is 15.3 Å². The average Bonchev–Trinajstić information content (AvgIpc) is 2.69. The van der Waals surface area contributed by atoms with Crippen molar-refractivity contribution in [2.45, 2.75) is 13.3 Å². The molecule has 0 saturated carbocycles. The van der Waals surface area contributed by atoms with Gasteiger partial charge in [-0.15, -0.1) is 0 Å². The second kappa shape index (κ2) is 5.14. The van der Waals surface area contributed by atoms with E-state index in [2.05, 4.69) is 9.88 Å². The molecule has 0 bridgehead atoms. The lowest BCUT2D eigenvalue weighted by atomic mass is 10.2. The van der Waals surface area contributed by atoms with Gasteiger partial charge in [0.05, 0.1) is 16.9 Å². The SMILES string of the molecule is CCN(CCCO)c1cc2[nH]c(=O)oc2cc1N. The molecule has 4 N–H and O–H groups in total. The molecule has 2 rings (SSSR count). The molecular formula is C12H17N3O3. The van der Waals surface area contributed by atoms with E-state index in [-0.39, 0.29) is 6.61 Å². The predicted octanol–water partition coefficient (Wildman–Crippen LogP) is 0.912. The number of hydrogen-bond donors (Lipinski definition) is 3. The molecule has 0 radical (unpaired) electrons. The molecule has 0 amide bonds. The van der Waals surface area contributed by atoms with E-state index in [1.54, 1.807) is 12.1 Å². The first kappa shape index (κ1) is 12.5. The van der Waals surface area contributed by atoms with Gasteiger partial charge in [0.1, 0.15) is 0 Å². The second-order valence-electron chi connectivity index (χ2n) is 4.08. The summed E-state index contributed by atoms with van der Waals surface area (Å²) in [5.41, 5.74) is 8.46. The largest absolute Gasteiger partial charge is 0.417 e. The molecule has 1 aromatic carbocycles. The Bertz CT molecular complexity index is 588. The van der Waals surface area contributed by atoms with Gasteiger partial charge in [-0.1, -0.05) is 0 Å². The van der Waals surface area contributed by atoms with Crippen LogP contribution in [0.25, 0.3) is 11.1 Å². The topological polar surface area (TPSA) is 95.5 Å². The number of nitrogens with zero attached hydrogens (tertiary/aromatic N) is 1. The predicted molar refractivity (Wildman–Crippen MR) is 70.8 cm³/mol. The molecule has 0 spiro atoms. The molecule has 6 nitrogen and oxygen atoms in total. The van der Waals surface area contributed by atoms with Gasteiger partial charge in [0.15, 0.2) is 5.58 Å². The lowest BCUT2D eigenvalue weighted by molar-refractivity contribution is 0.289. The third-order valence-electron chi connectivity index (χ3n) is 2.88. The maximum absolute atomic E-state index is 11.1. The van der Waals surface area contributed by atoms with E-state index < -0.39 is 5.76 Å². The molecule has 0 saturated heterocycles. The van der Waals surface area contributed by atoms with Gasteiger partial charge < -0.3 is 20.2 Å². The minimum Gasteiger partial charge on any atom is -0.408 e. The molecule has 98 valence electrons. The molecule has 0 aliphatic carbocycles. The Labute approximate surface area is 104 Å². The number of aromatic nitrogens is 1. The number of nitrogens with one attached hydrogen (secondary N) is 1. The molecule has 2 aromatic rings. The molecule has 6 heteroatoms. The van der Waals surface area contributed by atoms with Crippen LogP contribution in [0.5, 0.6) is 0 Å². The van der Waals surface area contributed by atoms with Crippen LogP contribution in [0.2, 0.25) is 0 Å². The number of nitrogens with two attached hydrogens (primary N) is 1. The summed E-state index contributed by atoms with van der Waals surface area (Å²) in [6, 6.07) is 3.45. The summed E-state index contributed by atoms with van der Waals surface area (Å²) in [6.07, 6.45) is 0.674. The first-order valence-corrected chi connectivity index (χ1v) is 5.94. The van der Waals surface area contributed by atoms with Crippen molar-refractivity contribution in [2.75, 3.05) is 30.3 Å². The molecule has 0 fully saturated rings. The van der Waals surface area contributed by atoms with Crippen LogP contribution in [-0.2, 0) is 0 Å². The van der Waals surface area contributed by atoms with E-state index >= 15 is 0 Å². The Hall–Kier alpha value is -1.95. The van der Waals surface area contributed by atoms with E-state index in [0.29, 0.717) is 29.8 Å². The first-order chi connectivity index (χ1) is 8.65. The maximum Gasteiger partial charge on any atom is 0.417 e. The van der Waals surface area contributed by atoms with Gasteiger partial charge in [-0.3, -0.25) is 4.98 Å². The van der Waals surface area contributed by atoms with E-state index in [1.807, 2.05) is 6.92 Å². The smallest absolute Gasteiger partial charge is 0.408 e. The standard InChI is InChI=1S/C12H17N3O3/c1-2-15(4-3-5-16)10-7-9-11(6-8(10)13)18-12(17)14-9/h6-7,16H,2-5,13H2,1H3,(H,14,17). The summed E-state index contributed by atoms with van der Waals surface area (Å²) < 4.78 is 4.95. The fourth-order valence-corrected chi connectivity index (χ4v) is 1.99. The fourth-order valence-electron chi connectivity index (χ4n) is 1.99. The van der Waals surface area contributed by atoms with Crippen molar-refractivity contribution in [1.82, 2.24) is 4.98 Å². The zero-order valence-corrected chi connectivity index (χ0v) is 10.3. The number of anilines is 2. The third-order valence-corrected chi connectivity index (χ3v) is 2.88. The molecule has 0 unspecified atom stereocenters. The zero-order valence-electron chi connectivity index (χ0n) is 10.3. The number of aliphatic hydroxyl groups is 1. The molecular weight excluding hydrogens is 234 g/mol. The van der Waals surface area contributed by atoms with Crippen molar-refractivity contribution in [1.29, 1.82) is 0 Å². The maximum atomic E-state index is 11.1. The summed E-state index contributed by atoms with van der Waals surface area (Å²) in [5.74, 6) is -0.486. The lowest BCUT2D eigenvalue weighted by Gasteiger charge is -2.24. The van der Waals surface area contributed by atoms with Crippen LogP contribution in [0.15, 0.2) is 21.3 Å². The van der Waals surface area contributed by atoms with Gasteiger partial charge in [-0.2, -0.15) is 0 Å². The summed E-state index contributed by atoms with van der Waals surface area (Å²) in [6.45, 7) is 3.64. The molecule has 0 aliphatic rings. The molecule has 0 atom stereocenters. The van der Waals surface area contributed by atoms with Crippen LogP contribution in [0, 0.1) is 0 Å². The normalized spacial score (nSPS) is 11.0. The minimum absolute atomic E-state index is 0.140. The number of nitrogen functional groups attached to an aromatic ring is 1. The summed E-state index contributed by atoms with van der Waals surface area (Å²) in [5, 5.41) is 8.88. The van der Waals surface area contributed by atoms with Crippen LogP contribution in [0.4, 0.5) is 11.4 Å². The molecule has 0 aliphatic heterocycles. The second-order valence-corrected chi connectivity index (χ2v) is 4.08. The number of H-pyrrole nitrogens is 1. The van der Waals surface area contributed by atoms with Gasteiger partial charge in [-0.05, 0) is 19.4 Å². The molecule has 1 aromatic heterocycles. The molecule has 18 heavy (non-hydrogen) atoms. The number of benzene rings is 1.